The predicted octanol–water partition coefficient (Wildman–Crippen LogP) is -0.344. The van der Waals surface area contributed by atoms with Crippen molar-refractivity contribution in [2.24, 2.45) is 5.73 Å². The van der Waals surface area contributed by atoms with Crippen molar-refractivity contribution >= 4 is 17.9 Å². The van der Waals surface area contributed by atoms with E-state index in [-0.39, 0.29) is 25.3 Å². The monoisotopic (exact) mass is 333 g/mol. The Morgan fingerprint density at radius 1 is 0.957 bits per heavy atom. The van der Waals surface area contributed by atoms with Gasteiger partial charge in [-0.15, -0.1) is 0 Å². The molecule has 0 saturated heterocycles. The van der Waals surface area contributed by atoms with Gasteiger partial charge in [-0.3, -0.25) is 4.79 Å². The molecular formula is C14H27N3O6. The minimum Gasteiger partial charge on any atom is -0.480 e. The summed E-state index contributed by atoms with van der Waals surface area (Å²) < 4.78 is 0. The van der Waals surface area contributed by atoms with Gasteiger partial charge >= 0.3 is 12.0 Å². The number of carbonyl (C=O) groups excluding carboxylic acids is 2. The Kier molecular flexibility index (Phi) is 11.6. The number of rotatable bonds is 13. The molecule has 1 atom stereocenters. The first-order valence-electron chi connectivity index (χ1n) is 7.74. The Labute approximate surface area is 135 Å². The summed E-state index contributed by atoms with van der Waals surface area (Å²) >= 11 is 0. The number of carbonyl (C=O) groups is 3. The topological polar surface area (TPSA) is 162 Å². The van der Waals surface area contributed by atoms with E-state index in [1.165, 1.54) is 0 Å². The number of aliphatic hydroxyl groups excluding tert-OH is 1. The second-order valence-electron chi connectivity index (χ2n) is 5.33. The first-order chi connectivity index (χ1) is 10.8. The molecule has 9 nitrogen and oxygen atoms in total. The molecule has 7 N–H and O–H groups in total. The number of hydrogen-bond acceptors (Lipinski definition) is 5. The van der Waals surface area contributed by atoms with Crippen molar-refractivity contribution in [2.45, 2.75) is 63.7 Å². The quantitative estimate of drug-likeness (QED) is 0.199. The molecular weight excluding hydrogens is 306 g/mol. The fourth-order valence-corrected chi connectivity index (χ4v) is 2.01. The molecule has 23 heavy (non-hydrogen) atoms. The van der Waals surface area contributed by atoms with Crippen molar-refractivity contribution in [3.05, 3.63) is 0 Å². The molecule has 0 aromatic carbocycles. The smallest absolute Gasteiger partial charge is 0.326 e. The highest BCUT2D eigenvalue weighted by Crippen LogP contribution is 2.07. The van der Waals surface area contributed by atoms with E-state index in [4.69, 9.17) is 21.1 Å². The molecule has 0 rings (SSSR count). The maximum absolute atomic E-state index is 11.7. The molecule has 0 radical (unpaired) electrons. The summed E-state index contributed by atoms with van der Waals surface area (Å²) in [6.07, 6.45) is 2.68. The molecule has 134 valence electrons. The van der Waals surface area contributed by atoms with Gasteiger partial charge in [0.25, 0.3) is 0 Å². The van der Waals surface area contributed by atoms with E-state index in [0.29, 0.717) is 25.7 Å². The van der Waals surface area contributed by atoms with Crippen LogP contribution in [0.5, 0.6) is 0 Å². The van der Waals surface area contributed by atoms with Crippen molar-refractivity contribution < 1.29 is 29.7 Å². The van der Waals surface area contributed by atoms with E-state index in [1.54, 1.807) is 0 Å². The van der Waals surface area contributed by atoms with Gasteiger partial charge in [0.15, 0.2) is 6.29 Å². The Hall–Kier alpha value is -1.87. The van der Waals surface area contributed by atoms with Crippen molar-refractivity contribution in [3.63, 3.8) is 0 Å². The Bertz CT molecular complexity index is 376. The van der Waals surface area contributed by atoms with Crippen LogP contribution in [0.25, 0.3) is 0 Å². The summed E-state index contributed by atoms with van der Waals surface area (Å²) in [4.78, 5) is 33.2. The van der Waals surface area contributed by atoms with Gasteiger partial charge in [-0.1, -0.05) is 12.8 Å². The van der Waals surface area contributed by atoms with Crippen LogP contribution >= 0.6 is 0 Å². The molecule has 9 heteroatoms. The first kappa shape index (κ1) is 21.1. The molecule has 0 bridgehead atoms. The van der Waals surface area contributed by atoms with Gasteiger partial charge < -0.3 is 31.7 Å². The normalized spacial score (nSPS) is 12.0. The number of hydrogen-bond donors (Lipinski definition) is 6. The van der Waals surface area contributed by atoms with Crippen LogP contribution in [-0.4, -0.2) is 52.1 Å². The molecule has 1 unspecified atom stereocenters. The number of nitrogens with one attached hydrogen (secondary N) is 2. The number of primary amides is 1. The lowest BCUT2D eigenvalue weighted by atomic mass is 10.1. The predicted molar refractivity (Wildman–Crippen MR) is 82.3 cm³/mol. The van der Waals surface area contributed by atoms with Crippen LogP contribution in [0.4, 0.5) is 4.79 Å². The summed E-state index contributed by atoms with van der Waals surface area (Å²) in [5.74, 6) is -1.45. The SMILES string of the molecule is NC(=O)NCCCC(NC(=O)CCCCCCC(O)O)C(=O)O. The van der Waals surface area contributed by atoms with Gasteiger partial charge in [0, 0.05) is 13.0 Å². The van der Waals surface area contributed by atoms with Gasteiger partial charge in [0.2, 0.25) is 5.91 Å². The van der Waals surface area contributed by atoms with Crippen molar-refractivity contribution in [1.82, 2.24) is 10.6 Å². The van der Waals surface area contributed by atoms with Gasteiger partial charge in [-0.05, 0) is 32.1 Å². The van der Waals surface area contributed by atoms with Crippen molar-refractivity contribution in [1.29, 1.82) is 0 Å². The fourth-order valence-electron chi connectivity index (χ4n) is 2.01. The lowest BCUT2D eigenvalue weighted by molar-refractivity contribution is -0.142. The lowest BCUT2D eigenvalue weighted by Crippen LogP contribution is -2.41. The summed E-state index contributed by atoms with van der Waals surface area (Å²) in [6.45, 7) is 0.256. The van der Waals surface area contributed by atoms with E-state index in [1.807, 2.05) is 0 Å². The van der Waals surface area contributed by atoms with Gasteiger partial charge in [-0.25, -0.2) is 9.59 Å². The number of urea groups is 1. The number of aliphatic carboxylic acids is 1. The van der Waals surface area contributed by atoms with E-state index >= 15 is 0 Å². The molecule has 0 heterocycles. The molecule has 0 aromatic heterocycles. The molecule has 0 aliphatic rings. The number of aliphatic hydroxyl groups is 2. The third kappa shape index (κ3) is 13.5. The zero-order valence-corrected chi connectivity index (χ0v) is 13.2. The van der Waals surface area contributed by atoms with Crippen molar-refractivity contribution in [3.8, 4) is 0 Å². The standard InChI is InChI=1S/C14H27N3O6/c15-14(23)16-9-5-6-10(13(21)22)17-11(18)7-3-1-2-4-8-12(19)20/h10,12,19-20H,1-9H2,(H,17,18)(H,21,22)(H3,15,16,23). The van der Waals surface area contributed by atoms with Gasteiger partial charge in [0.1, 0.15) is 6.04 Å². The summed E-state index contributed by atoms with van der Waals surface area (Å²) in [5, 5.41) is 31.2. The number of carboxylic acid groups (broad SMARTS) is 1. The summed E-state index contributed by atoms with van der Waals surface area (Å²) in [7, 11) is 0. The van der Waals surface area contributed by atoms with Crippen LogP contribution < -0.4 is 16.4 Å². The molecule has 0 saturated carbocycles. The van der Waals surface area contributed by atoms with E-state index in [9.17, 15) is 14.4 Å². The maximum atomic E-state index is 11.7. The average molecular weight is 333 g/mol. The van der Waals surface area contributed by atoms with E-state index in [2.05, 4.69) is 10.6 Å². The fraction of sp³-hybridized carbons (Fsp3) is 0.786. The number of carboxylic acids is 1. The minimum atomic E-state index is -1.29. The highest BCUT2D eigenvalue weighted by Gasteiger charge is 2.19. The molecule has 0 aromatic rings. The zero-order valence-electron chi connectivity index (χ0n) is 13.2. The maximum Gasteiger partial charge on any atom is 0.326 e. The van der Waals surface area contributed by atoms with Crippen LogP contribution in [0.2, 0.25) is 0 Å². The molecule has 0 aliphatic heterocycles. The molecule has 0 aliphatic carbocycles. The van der Waals surface area contributed by atoms with Gasteiger partial charge in [0.05, 0.1) is 0 Å². The highest BCUT2D eigenvalue weighted by molar-refractivity contribution is 5.83. The number of unbranched alkanes of at least 4 members (excludes halogenated alkanes) is 3. The van der Waals surface area contributed by atoms with Crippen LogP contribution in [0, 0.1) is 0 Å². The first-order valence-corrected chi connectivity index (χ1v) is 7.74. The zero-order chi connectivity index (χ0) is 17.7. The third-order valence-corrected chi connectivity index (χ3v) is 3.22. The minimum absolute atomic E-state index is 0.204. The van der Waals surface area contributed by atoms with E-state index in [0.717, 1.165) is 12.8 Å². The van der Waals surface area contributed by atoms with Gasteiger partial charge in [-0.2, -0.15) is 0 Å². The second-order valence-corrected chi connectivity index (χ2v) is 5.33. The Morgan fingerprint density at radius 2 is 1.61 bits per heavy atom. The largest absolute Gasteiger partial charge is 0.480 e. The Balaban J connectivity index is 3.83. The van der Waals surface area contributed by atoms with E-state index < -0.39 is 24.3 Å². The summed E-state index contributed by atoms with van der Waals surface area (Å²) in [6, 6.07) is -1.66. The Morgan fingerprint density at radius 3 is 2.17 bits per heavy atom. The molecule has 3 amide bonds. The number of nitrogens with two attached hydrogens (primary N) is 1. The van der Waals surface area contributed by atoms with Crippen molar-refractivity contribution in [2.75, 3.05) is 6.54 Å². The van der Waals surface area contributed by atoms with Crippen LogP contribution in [0.3, 0.4) is 0 Å². The number of amides is 3. The highest BCUT2D eigenvalue weighted by atomic mass is 16.5. The van der Waals surface area contributed by atoms with Crippen LogP contribution in [-0.2, 0) is 9.59 Å². The molecule has 0 fully saturated rings. The van der Waals surface area contributed by atoms with Crippen LogP contribution in [0.15, 0.2) is 0 Å². The lowest BCUT2D eigenvalue weighted by Gasteiger charge is -2.14. The average Bonchev–Trinajstić information content (AvgIpc) is 2.45. The third-order valence-electron chi connectivity index (χ3n) is 3.22. The summed E-state index contributed by atoms with van der Waals surface area (Å²) in [5.41, 5.74) is 4.89. The molecule has 0 spiro atoms. The second kappa shape index (κ2) is 12.7. The van der Waals surface area contributed by atoms with Crippen LogP contribution in [0.1, 0.15) is 51.4 Å².